The average Bonchev–Trinajstić information content (AvgIpc) is 2.82. The van der Waals surface area contributed by atoms with Crippen molar-refractivity contribution in [1.82, 2.24) is 4.72 Å². The Labute approximate surface area is 210 Å². The predicted molar refractivity (Wildman–Crippen MR) is 138 cm³/mol. The molecule has 3 aromatic carbocycles. The van der Waals surface area contributed by atoms with E-state index in [4.69, 9.17) is 16.3 Å². The lowest BCUT2D eigenvalue weighted by molar-refractivity contribution is -0.147. The highest BCUT2D eigenvalue weighted by Gasteiger charge is 2.24. The van der Waals surface area contributed by atoms with Gasteiger partial charge < -0.3 is 10.1 Å². The molecule has 9 heteroatoms. The topological polar surface area (TPSA) is 102 Å². The molecular formula is C26H27ClN2O5S. The standard InChI is InChI=1S/C26H27ClN2O5S/c1-4-24(30)34-25(19-15-13-18(14-16-19)20-9-5-7-11-22(20)27)21-10-6-8-12-23(21)28-17(2)26(31)29-35(3,32)33/h5-17,25,28H,4H2,1-3H3,(H,29,31). The monoisotopic (exact) mass is 514 g/mol. The van der Waals surface area contributed by atoms with Crippen LogP contribution in [0.1, 0.15) is 37.5 Å². The van der Waals surface area contributed by atoms with Crippen LogP contribution in [-0.4, -0.2) is 32.6 Å². The minimum absolute atomic E-state index is 0.191. The Bertz CT molecular complexity index is 1310. The lowest BCUT2D eigenvalue weighted by atomic mass is 9.96. The van der Waals surface area contributed by atoms with Gasteiger partial charge in [-0.05, 0) is 30.2 Å². The first-order chi connectivity index (χ1) is 16.6. The quantitative estimate of drug-likeness (QED) is 0.393. The number of sulfonamides is 1. The maximum atomic E-state index is 12.3. The minimum atomic E-state index is -3.70. The highest BCUT2D eigenvalue weighted by Crippen LogP contribution is 2.34. The summed E-state index contributed by atoms with van der Waals surface area (Å²) in [7, 11) is -3.70. The van der Waals surface area contributed by atoms with Crippen LogP contribution in [0.2, 0.25) is 5.02 Å². The van der Waals surface area contributed by atoms with Crippen molar-refractivity contribution >= 4 is 39.2 Å². The number of esters is 1. The molecule has 3 rings (SSSR count). The number of carbonyl (C=O) groups is 2. The largest absolute Gasteiger partial charge is 0.452 e. The number of nitrogens with one attached hydrogen (secondary N) is 2. The number of amides is 1. The second kappa shape index (κ2) is 11.4. The van der Waals surface area contributed by atoms with Crippen molar-refractivity contribution in [2.24, 2.45) is 0 Å². The number of anilines is 1. The Morgan fingerprint density at radius 2 is 1.60 bits per heavy atom. The molecule has 2 N–H and O–H groups in total. The summed E-state index contributed by atoms with van der Waals surface area (Å²) >= 11 is 6.33. The number of halogens is 1. The first-order valence-corrected chi connectivity index (χ1v) is 13.3. The summed E-state index contributed by atoms with van der Waals surface area (Å²) in [5, 5.41) is 3.66. The van der Waals surface area contributed by atoms with Gasteiger partial charge in [0.05, 0.1) is 6.26 Å². The number of para-hydroxylation sites is 1. The zero-order chi connectivity index (χ0) is 25.6. The number of carbonyl (C=O) groups excluding carboxylic acids is 2. The summed E-state index contributed by atoms with van der Waals surface area (Å²) in [5.41, 5.74) is 3.68. The molecule has 0 saturated carbocycles. The van der Waals surface area contributed by atoms with Crippen molar-refractivity contribution in [3.63, 3.8) is 0 Å². The second-order valence-electron chi connectivity index (χ2n) is 8.02. The Balaban J connectivity index is 1.96. The van der Waals surface area contributed by atoms with E-state index >= 15 is 0 Å². The third kappa shape index (κ3) is 7.07. The maximum Gasteiger partial charge on any atom is 0.306 e. The Hall–Kier alpha value is -3.36. The van der Waals surface area contributed by atoms with Gasteiger partial charge in [0, 0.05) is 28.3 Å². The van der Waals surface area contributed by atoms with Crippen LogP contribution in [0.3, 0.4) is 0 Å². The molecule has 35 heavy (non-hydrogen) atoms. The number of benzene rings is 3. The van der Waals surface area contributed by atoms with E-state index in [9.17, 15) is 18.0 Å². The van der Waals surface area contributed by atoms with E-state index in [0.717, 1.165) is 22.9 Å². The van der Waals surface area contributed by atoms with Crippen LogP contribution in [0.15, 0.2) is 72.8 Å². The number of ether oxygens (including phenoxy) is 1. The van der Waals surface area contributed by atoms with Crippen LogP contribution in [0.4, 0.5) is 5.69 Å². The van der Waals surface area contributed by atoms with E-state index < -0.39 is 28.1 Å². The van der Waals surface area contributed by atoms with E-state index in [1.807, 2.05) is 53.3 Å². The summed E-state index contributed by atoms with van der Waals surface area (Å²) in [6.45, 7) is 3.25. The van der Waals surface area contributed by atoms with Crippen molar-refractivity contribution < 1.29 is 22.7 Å². The van der Waals surface area contributed by atoms with Gasteiger partial charge in [-0.25, -0.2) is 8.42 Å². The number of hydrogen-bond acceptors (Lipinski definition) is 6. The summed E-state index contributed by atoms with van der Waals surface area (Å²) in [6, 6.07) is 21.3. The van der Waals surface area contributed by atoms with E-state index in [0.29, 0.717) is 16.3 Å². The molecule has 0 aliphatic rings. The molecule has 0 heterocycles. The van der Waals surface area contributed by atoms with Gasteiger partial charge >= 0.3 is 5.97 Å². The molecule has 0 aliphatic carbocycles. The van der Waals surface area contributed by atoms with Crippen LogP contribution in [-0.2, 0) is 24.3 Å². The first-order valence-electron chi connectivity index (χ1n) is 11.0. The van der Waals surface area contributed by atoms with Crippen molar-refractivity contribution in [1.29, 1.82) is 0 Å². The first kappa shape index (κ1) is 26.2. The highest BCUT2D eigenvalue weighted by molar-refractivity contribution is 7.89. The van der Waals surface area contributed by atoms with Crippen LogP contribution >= 0.6 is 11.6 Å². The molecule has 0 radical (unpaired) electrons. The van der Waals surface area contributed by atoms with Gasteiger partial charge in [-0.15, -0.1) is 0 Å². The second-order valence-corrected chi connectivity index (χ2v) is 10.2. The summed E-state index contributed by atoms with van der Waals surface area (Å²) < 4.78 is 30.6. The van der Waals surface area contributed by atoms with Gasteiger partial charge in [-0.3, -0.25) is 14.3 Å². The molecule has 0 bridgehead atoms. The van der Waals surface area contributed by atoms with Gasteiger partial charge in [0.25, 0.3) is 5.91 Å². The molecule has 1 amide bonds. The van der Waals surface area contributed by atoms with Crippen molar-refractivity contribution in [2.75, 3.05) is 11.6 Å². The average molecular weight is 515 g/mol. The molecule has 2 atom stereocenters. The fourth-order valence-corrected chi connectivity index (χ4v) is 4.27. The number of hydrogen-bond donors (Lipinski definition) is 2. The molecular weight excluding hydrogens is 488 g/mol. The smallest absolute Gasteiger partial charge is 0.306 e. The Morgan fingerprint density at radius 1 is 0.971 bits per heavy atom. The summed E-state index contributed by atoms with van der Waals surface area (Å²) in [6.07, 6.45) is 0.353. The zero-order valence-electron chi connectivity index (χ0n) is 19.6. The van der Waals surface area contributed by atoms with Gasteiger partial charge in [0.2, 0.25) is 10.0 Å². The van der Waals surface area contributed by atoms with Gasteiger partial charge in [-0.2, -0.15) is 0 Å². The minimum Gasteiger partial charge on any atom is -0.452 e. The molecule has 184 valence electrons. The molecule has 0 aliphatic heterocycles. The van der Waals surface area contributed by atoms with Crippen molar-refractivity contribution in [3.05, 3.63) is 88.9 Å². The van der Waals surface area contributed by atoms with Gasteiger partial charge in [0.15, 0.2) is 6.10 Å². The Kier molecular flexibility index (Phi) is 8.53. The zero-order valence-corrected chi connectivity index (χ0v) is 21.2. The van der Waals surface area contributed by atoms with Crippen LogP contribution in [0.5, 0.6) is 0 Å². The molecule has 3 aromatic rings. The molecule has 0 spiro atoms. The normalized spacial score (nSPS) is 12.9. The Morgan fingerprint density at radius 3 is 2.23 bits per heavy atom. The highest BCUT2D eigenvalue weighted by atomic mass is 35.5. The van der Waals surface area contributed by atoms with Gasteiger partial charge in [0.1, 0.15) is 6.04 Å². The molecule has 0 saturated heterocycles. The fourth-order valence-electron chi connectivity index (χ4n) is 3.49. The van der Waals surface area contributed by atoms with Crippen LogP contribution in [0.25, 0.3) is 11.1 Å². The van der Waals surface area contributed by atoms with E-state index in [1.165, 1.54) is 0 Å². The number of rotatable bonds is 9. The SMILES string of the molecule is CCC(=O)OC(c1ccc(-c2ccccc2Cl)cc1)c1ccccc1NC(C)C(=O)NS(C)(=O)=O. The molecule has 0 fully saturated rings. The molecule has 7 nitrogen and oxygen atoms in total. The summed E-state index contributed by atoms with van der Waals surface area (Å²) in [4.78, 5) is 24.6. The van der Waals surface area contributed by atoms with E-state index in [1.54, 1.807) is 38.1 Å². The fraction of sp³-hybridized carbons (Fsp3) is 0.231. The van der Waals surface area contributed by atoms with E-state index in [-0.39, 0.29) is 12.4 Å². The molecule has 2 unspecified atom stereocenters. The van der Waals surface area contributed by atoms with Crippen molar-refractivity contribution in [3.8, 4) is 11.1 Å². The molecule has 0 aromatic heterocycles. The van der Waals surface area contributed by atoms with Crippen LogP contribution in [0, 0.1) is 0 Å². The summed E-state index contributed by atoms with van der Waals surface area (Å²) in [5.74, 6) is -1.09. The van der Waals surface area contributed by atoms with E-state index in [2.05, 4.69) is 5.32 Å². The van der Waals surface area contributed by atoms with Crippen LogP contribution < -0.4 is 10.0 Å². The van der Waals surface area contributed by atoms with Crippen molar-refractivity contribution in [2.45, 2.75) is 32.4 Å². The third-order valence-electron chi connectivity index (χ3n) is 5.23. The lowest BCUT2D eigenvalue weighted by Crippen LogP contribution is -2.40. The third-order valence-corrected chi connectivity index (χ3v) is 6.13. The lowest BCUT2D eigenvalue weighted by Gasteiger charge is -2.24. The maximum absolute atomic E-state index is 12.3. The van der Waals surface area contributed by atoms with Gasteiger partial charge in [-0.1, -0.05) is 79.2 Å². The predicted octanol–water partition coefficient (Wildman–Crippen LogP) is 4.93.